The van der Waals surface area contributed by atoms with Gasteiger partial charge in [-0.2, -0.15) is 5.26 Å². The zero-order chi connectivity index (χ0) is 13.2. The molecule has 0 fully saturated rings. The molecule has 3 rings (SSSR count). The molecule has 0 amide bonds. The lowest BCUT2D eigenvalue weighted by molar-refractivity contribution is 0.628. The van der Waals surface area contributed by atoms with Crippen molar-refractivity contribution in [1.82, 2.24) is 0 Å². The zero-order valence-corrected chi connectivity index (χ0v) is 10.4. The number of aryl methyl sites for hydroxylation is 2. The molecule has 0 unspecified atom stereocenters. The first-order valence-corrected chi connectivity index (χ1v) is 6.34. The van der Waals surface area contributed by atoms with E-state index in [0.717, 1.165) is 18.5 Å². The fraction of sp³-hybridized carbons (Fsp3) is 0.188. The molecule has 2 aromatic carbocycles. The van der Waals surface area contributed by atoms with Crippen molar-refractivity contribution in [3.8, 4) is 6.07 Å². The van der Waals surface area contributed by atoms with Crippen LogP contribution in [0.3, 0.4) is 0 Å². The summed E-state index contributed by atoms with van der Waals surface area (Å²) in [6, 6.07) is 12.5. The molecule has 0 radical (unpaired) electrons. The van der Waals surface area contributed by atoms with Crippen molar-refractivity contribution < 1.29 is 4.39 Å². The molecule has 2 nitrogen and oxygen atoms in total. The van der Waals surface area contributed by atoms with Crippen molar-refractivity contribution in [2.24, 2.45) is 0 Å². The van der Waals surface area contributed by atoms with Gasteiger partial charge >= 0.3 is 0 Å². The van der Waals surface area contributed by atoms with Gasteiger partial charge in [0, 0.05) is 11.4 Å². The van der Waals surface area contributed by atoms with Crippen LogP contribution in [-0.2, 0) is 12.8 Å². The Labute approximate surface area is 111 Å². The van der Waals surface area contributed by atoms with Crippen molar-refractivity contribution in [1.29, 1.82) is 5.26 Å². The predicted molar refractivity (Wildman–Crippen MR) is 72.9 cm³/mol. The Balaban J connectivity index is 1.89. The van der Waals surface area contributed by atoms with Crippen LogP contribution in [0.2, 0.25) is 0 Å². The summed E-state index contributed by atoms with van der Waals surface area (Å²) in [5.41, 5.74) is 4.64. The second kappa shape index (κ2) is 4.74. The SMILES string of the molecule is N#Cc1cc(F)cc(Nc2ccc3c(c2)CCC3)c1. The third kappa shape index (κ3) is 2.43. The van der Waals surface area contributed by atoms with Gasteiger partial charge in [-0.1, -0.05) is 6.07 Å². The monoisotopic (exact) mass is 252 g/mol. The highest BCUT2D eigenvalue weighted by molar-refractivity contribution is 5.63. The van der Waals surface area contributed by atoms with Crippen LogP contribution in [0, 0.1) is 17.1 Å². The number of rotatable bonds is 2. The molecule has 0 heterocycles. The molecule has 0 saturated heterocycles. The molecule has 0 spiro atoms. The number of hydrogen-bond donors (Lipinski definition) is 1. The normalized spacial score (nSPS) is 12.8. The van der Waals surface area contributed by atoms with Crippen LogP contribution >= 0.6 is 0 Å². The molecule has 3 heteroatoms. The Bertz CT molecular complexity index is 671. The van der Waals surface area contributed by atoms with Gasteiger partial charge in [-0.25, -0.2) is 4.39 Å². The van der Waals surface area contributed by atoms with Crippen LogP contribution in [0.1, 0.15) is 23.1 Å². The quantitative estimate of drug-likeness (QED) is 0.879. The smallest absolute Gasteiger partial charge is 0.126 e. The van der Waals surface area contributed by atoms with E-state index in [1.165, 1.54) is 29.7 Å². The third-order valence-electron chi connectivity index (χ3n) is 3.41. The summed E-state index contributed by atoms with van der Waals surface area (Å²) in [6.45, 7) is 0. The Morgan fingerprint density at radius 3 is 2.68 bits per heavy atom. The van der Waals surface area contributed by atoms with Gasteiger partial charge in [0.2, 0.25) is 0 Å². The van der Waals surface area contributed by atoms with E-state index in [9.17, 15) is 4.39 Å². The van der Waals surface area contributed by atoms with Crippen LogP contribution < -0.4 is 5.32 Å². The summed E-state index contributed by atoms with van der Waals surface area (Å²) in [5.74, 6) is -0.400. The summed E-state index contributed by atoms with van der Waals surface area (Å²) >= 11 is 0. The highest BCUT2D eigenvalue weighted by Crippen LogP contribution is 2.27. The van der Waals surface area contributed by atoms with E-state index < -0.39 is 5.82 Å². The van der Waals surface area contributed by atoms with Crippen molar-refractivity contribution in [3.05, 3.63) is 58.9 Å². The number of halogens is 1. The second-order valence-corrected chi connectivity index (χ2v) is 4.80. The first-order valence-electron chi connectivity index (χ1n) is 6.34. The average Bonchev–Trinajstić information content (AvgIpc) is 2.85. The van der Waals surface area contributed by atoms with E-state index in [-0.39, 0.29) is 0 Å². The number of nitrogens with one attached hydrogen (secondary N) is 1. The first-order chi connectivity index (χ1) is 9.24. The number of nitrogens with zero attached hydrogens (tertiary/aromatic N) is 1. The van der Waals surface area contributed by atoms with Crippen molar-refractivity contribution >= 4 is 11.4 Å². The molecule has 0 atom stereocenters. The summed E-state index contributed by atoms with van der Waals surface area (Å²) in [7, 11) is 0. The van der Waals surface area contributed by atoms with E-state index in [4.69, 9.17) is 5.26 Å². The summed E-state index contributed by atoms with van der Waals surface area (Å²) in [4.78, 5) is 0. The van der Waals surface area contributed by atoms with Crippen LogP contribution in [-0.4, -0.2) is 0 Å². The van der Waals surface area contributed by atoms with E-state index in [2.05, 4.69) is 17.4 Å². The fourth-order valence-electron chi connectivity index (χ4n) is 2.54. The van der Waals surface area contributed by atoms with Gasteiger partial charge in [0.25, 0.3) is 0 Å². The lowest BCUT2D eigenvalue weighted by atomic mass is 10.1. The lowest BCUT2D eigenvalue weighted by Gasteiger charge is -2.09. The molecule has 0 saturated carbocycles. The fourth-order valence-corrected chi connectivity index (χ4v) is 2.54. The van der Waals surface area contributed by atoms with Crippen LogP contribution in [0.4, 0.5) is 15.8 Å². The van der Waals surface area contributed by atoms with E-state index in [1.54, 1.807) is 6.07 Å². The topological polar surface area (TPSA) is 35.8 Å². The van der Waals surface area contributed by atoms with Crippen molar-refractivity contribution in [2.45, 2.75) is 19.3 Å². The Kier molecular flexibility index (Phi) is 2.92. The van der Waals surface area contributed by atoms with Gasteiger partial charge < -0.3 is 5.32 Å². The van der Waals surface area contributed by atoms with Crippen LogP contribution in [0.5, 0.6) is 0 Å². The maximum atomic E-state index is 13.3. The van der Waals surface area contributed by atoms with Crippen LogP contribution in [0.15, 0.2) is 36.4 Å². The molecule has 2 aromatic rings. The predicted octanol–water partition coefficient (Wildman–Crippen LogP) is 3.93. The van der Waals surface area contributed by atoms with E-state index in [0.29, 0.717) is 11.3 Å². The Morgan fingerprint density at radius 1 is 1.00 bits per heavy atom. The van der Waals surface area contributed by atoms with Gasteiger partial charge in [0.15, 0.2) is 0 Å². The van der Waals surface area contributed by atoms with Crippen LogP contribution in [0.25, 0.3) is 0 Å². The maximum absolute atomic E-state index is 13.3. The summed E-state index contributed by atoms with van der Waals surface area (Å²) in [6.07, 6.45) is 3.46. The summed E-state index contributed by atoms with van der Waals surface area (Å²) in [5, 5.41) is 12.0. The minimum atomic E-state index is -0.400. The molecular weight excluding hydrogens is 239 g/mol. The minimum absolute atomic E-state index is 0.323. The molecule has 1 aliphatic rings. The number of nitriles is 1. The molecule has 1 N–H and O–H groups in total. The molecule has 0 bridgehead atoms. The van der Waals surface area contributed by atoms with Gasteiger partial charge in [-0.05, 0) is 60.7 Å². The largest absolute Gasteiger partial charge is 0.355 e. The molecule has 0 aromatic heterocycles. The van der Waals surface area contributed by atoms with Gasteiger partial charge in [-0.3, -0.25) is 0 Å². The van der Waals surface area contributed by atoms with Gasteiger partial charge in [0.1, 0.15) is 5.82 Å². The third-order valence-corrected chi connectivity index (χ3v) is 3.41. The van der Waals surface area contributed by atoms with Crippen molar-refractivity contribution in [2.75, 3.05) is 5.32 Å². The molecular formula is C16H13FN2. The summed E-state index contributed by atoms with van der Waals surface area (Å²) < 4.78 is 13.3. The van der Waals surface area contributed by atoms with Gasteiger partial charge in [-0.15, -0.1) is 0 Å². The molecule has 19 heavy (non-hydrogen) atoms. The number of hydrogen-bond acceptors (Lipinski definition) is 2. The standard InChI is InChI=1S/C16H13FN2/c17-14-6-11(10-18)7-16(9-14)19-15-5-4-12-2-1-3-13(12)8-15/h4-9,19H,1-3H2. The van der Waals surface area contributed by atoms with Gasteiger partial charge in [0.05, 0.1) is 11.6 Å². The highest BCUT2D eigenvalue weighted by Gasteiger charge is 2.11. The zero-order valence-electron chi connectivity index (χ0n) is 10.4. The lowest BCUT2D eigenvalue weighted by Crippen LogP contribution is -1.94. The number of benzene rings is 2. The highest BCUT2D eigenvalue weighted by atomic mass is 19.1. The maximum Gasteiger partial charge on any atom is 0.126 e. The van der Waals surface area contributed by atoms with Crippen molar-refractivity contribution in [3.63, 3.8) is 0 Å². The Hall–Kier alpha value is -2.34. The molecule has 1 aliphatic carbocycles. The second-order valence-electron chi connectivity index (χ2n) is 4.80. The molecule has 94 valence electrons. The minimum Gasteiger partial charge on any atom is -0.355 e. The Morgan fingerprint density at radius 2 is 1.84 bits per heavy atom. The average molecular weight is 252 g/mol. The number of fused-ring (bicyclic) bond motifs is 1. The van der Waals surface area contributed by atoms with E-state index >= 15 is 0 Å². The molecule has 0 aliphatic heterocycles. The first kappa shape index (κ1) is 11.7. The van der Waals surface area contributed by atoms with E-state index in [1.807, 2.05) is 12.1 Å². The number of anilines is 2.